The van der Waals surface area contributed by atoms with Gasteiger partial charge in [0, 0.05) is 22.4 Å². The zero-order valence-electron chi connectivity index (χ0n) is 5.28. The number of unbranched alkanes of at least 4 members (excludes halogenated alkanes) is 3. The van der Waals surface area contributed by atoms with Crippen LogP contribution in [0.15, 0.2) is 0 Å². The Labute approximate surface area is 73.4 Å². The number of hydrogen-bond acceptors (Lipinski definition) is 1. The molecule has 0 N–H and O–H groups in total. The summed E-state index contributed by atoms with van der Waals surface area (Å²) in [5.41, 5.74) is 0. The van der Waals surface area contributed by atoms with Gasteiger partial charge in [-0.15, -0.1) is 0 Å². The number of thiol groups is 1. The van der Waals surface area contributed by atoms with Crippen molar-refractivity contribution in [3.8, 4) is 0 Å². The van der Waals surface area contributed by atoms with Gasteiger partial charge in [-0.2, -0.15) is 12.6 Å². The van der Waals surface area contributed by atoms with Gasteiger partial charge >= 0.3 is 0 Å². The molecule has 0 heterocycles. The number of rotatable bonds is 4. The fourth-order valence-electron chi connectivity index (χ4n) is 0.539. The van der Waals surface area contributed by atoms with Gasteiger partial charge < -0.3 is 0 Å². The molecule has 1 radical (unpaired) electrons. The van der Waals surface area contributed by atoms with E-state index >= 15 is 0 Å². The Morgan fingerprint density at radius 2 is 1.75 bits per heavy atom. The standard InChI is InChI=1S/C6H14S.Ag/c1-2-3-4-5-6-7;/h7H,2-6H2,1H3;. The normalized spacial score (nSPS) is 8.25. The van der Waals surface area contributed by atoms with Crippen molar-refractivity contribution in [3.63, 3.8) is 0 Å². The molecule has 0 aromatic carbocycles. The minimum atomic E-state index is 0. The topological polar surface area (TPSA) is 0 Å². The zero-order chi connectivity index (χ0) is 5.54. The average Bonchev–Trinajstić information content (AvgIpc) is 1.69. The summed E-state index contributed by atoms with van der Waals surface area (Å²) in [6.07, 6.45) is 5.35. The first kappa shape index (κ1) is 11.8. The molecule has 0 aromatic heterocycles. The first-order chi connectivity index (χ1) is 3.41. The molecule has 0 saturated heterocycles. The average molecular weight is 226 g/mol. The molecule has 0 atom stereocenters. The molecule has 0 spiro atoms. The minimum absolute atomic E-state index is 0. The van der Waals surface area contributed by atoms with Crippen molar-refractivity contribution in [2.75, 3.05) is 5.75 Å². The molecule has 55 valence electrons. The summed E-state index contributed by atoms with van der Waals surface area (Å²) in [5.74, 6) is 1.06. The van der Waals surface area contributed by atoms with Gasteiger partial charge in [-0.25, -0.2) is 0 Å². The van der Waals surface area contributed by atoms with Crippen LogP contribution in [-0.2, 0) is 22.4 Å². The second-order valence-electron chi connectivity index (χ2n) is 1.78. The van der Waals surface area contributed by atoms with Crippen LogP contribution in [0.25, 0.3) is 0 Å². The van der Waals surface area contributed by atoms with E-state index in [0.29, 0.717) is 0 Å². The third-order valence-electron chi connectivity index (χ3n) is 1.01. The Morgan fingerprint density at radius 3 is 2.12 bits per heavy atom. The predicted octanol–water partition coefficient (Wildman–Crippen LogP) is 2.49. The van der Waals surface area contributed by atoms with E-state index < -0.39 is 0 Å². The van der Waals surface area contributed by atoms with Crippen LogP contribution >= 0.6 is 12.6 Å². The van der Waals surface area contributed by atoms with Crippen LogP contribution in [0.2, 0.25) is 0 Å². The molecule has 2 heteroatoms. The SMILES string of the molecule is CCCCCCS.[Ag]. The Morgan fingerprint density at radius 1 is 1.12 bits per heavy atom. The van der Waals surface area contributed by atoms with Crippen molar-refractivity contribution in [1.29, 1.82) is 0 Å². The van der Waals surface area contributed by atoms with Gasteiger partial charge in [-0.1, -0.05) is 26.2 Å². The third kappa shape index (κ3) is 10.1. The fraction of sp³-hybridized carbons (Fsp3) is 1.00. The van der Waals surface area contributed by atoms with Gasteiger partial charge in [0.25, 0.3) is 0 Å². The molecule has 8 heavy (non-hydrogen) atoms. The summed E-state index contributed by atoms with van der Waals surface area (Å²) in [5, 5.41) is 0. The van der Waals surface area contributed by atoms with Gasteiger partial charge in [0.15, 0.2) is 0 Å². The molecule has 0 aliphatic rings. The Kier molecular flexibility index (Phi) is 16.2. The van der Waals surface area contributed by atoms with Crippen LogP contribution in [0.3, 0.4) is 0 Å². The third-order valence-corrected chi connectivity index (χ3v) is 1.33. The molecule has 0 aromatic rings. The van der Waals surface area contributed by atoms with Gasteiger partial charge in [-0.3, -0.25) is 0 Å². The summed E-state index contributed by atoms with van der Waals surface area (Å²) in [7, 11) is 0. The van der Waals surface area contributed by atoms with Crippen LogP contribution < -0.4 is 0 Å². The van der Waals surface area contributed by atoms with Crippen LogP contribution in [0.4, 0.5) is 0 Å². The second-order valence-corrected chi connectivity index (χ2v) is 2.23. The van der Waals surface area contributed by atoms with Gasteiger partial charge in [-0.05, 0) is 12.2 Å². The maximum atomic E-state index is 4.09. The molecule has 0 bridgehead atoms. The molecule has 0 amide bonds. The maximum absolute atomic E-state index is 4.09. The molecule has 0 rings (SSSR count). The Bertz CT molecular complexity index is 27.7. The van der Waals surface area contributed by atoms with E-state index in [1.54, 1.807) is 0 Å². The van der Waals surface area contributed by atoms with E-state index in [9.17, 15) is 0 Å². The van der Waals surface area contributed by atoms with E-state index in [2.05, 4.69) is 19.6 Å². The summed E-state index contributed by atoms with van der Waals surface area (Å²) >= 11 is 4.09. The molecule has 0 nitrogen and oxygen atoms in total. The zero-order valence-corrected chi connectivity index (χ0v) is 7.66. The molecule has 0 aliphatic heterocycles. The van der Waals surface area contributed by atoms with Gasteiger partial charge in [0.1, 0.15) is 0 Å². The number of hydrogen-bond donors (Lipinski definition) is 1. The van der Waals surface area contributed by atoms with Gasteiger partial charge in [0.05, 0.1) is 0 Å². The van der Waals surface area contributed by atoms with Crippen molar-refractivity contribution >= 4 is 12.6 Å². The monoisotopic (exact) mass is 225 g/mol. The van der Waals surface area contributed by atoms with Crippen LogP contribution in [-0.4, -0.2) is 5.75 Å². The van der Waals surface area contributed by atoms with Crippen molar-refractivity contribution in [2.24, 2.45) is 0 Å². The molecule has 0 unspecified atom stereocenters. The summed E-state index contributed by atoms with van der Waals surface area (Å²) < 4.78 is 0. The Hall–Kier alpha value is 1.09. The van der Waals surface area contributed by atoms with E-state index in [4.69, 9.17) is 0 Å². The molecule has 0 saturated carbocycles. The summed E-state index contributed by atoms with van der Waals surface area (Å²) in [4.78, 5) is 0. The van der Waals surface area contributed by atoms with E-state index in [1.165, 1.54) is 25.7 Å². The fourth-order valence-corrected chi connectivity index (χ4v) is 0.762. The quantitative estimate of drug-likeness (QED) is 0.425. The predicted molar refractivity (Wildman–Crippen MR) is 38.0 cm³/mol. The maximum Gasteiger partial charge on any atom is 0 e. The van der Waals surface area contributed by atoms with Crippen LogP contribution in [0, 0.1) is 0 Å². The van der Waals surface area contributed by atoms with Crippen LogP contribution in [0.5, 0.6) is 0 Å². The van der Waals surface area contributed by atoms with E-state index in [-0.39, 0.29) is 22.4 Å². The van der Waals surface area contributed by atoms with Crippen molar-refractivity contribution in [1.82, 2.24) is 0 Å². The van der Waals surface area contributed by atoms with Crippen molar-refractivity contribution in [3.05, 3.63) is 0 Å². The molecule has 0 aliphatic carbocycles. The summed E-state index contributed by atoms with van der Waals surface area (Å²) in [6.45, 7) is 2.22. The van der Waals surface area contributed by atoms with Crippen LogP contribution in [0.1, 0.15) is 32.6 Å². The first-order valence-electron chi connectivity index (χ1n) is 3.02. The summed E-state index contributed by atoms with van der Waals surface area (Å²) in [6, 6.07) is 0. The van der Waals surface area contributed by atoms with Gasteiger partial charge in [0.2, 0.25) is 0 Å². The first-order valence-corrected chi connectivity index (χ1v) is 3.66. The Balaban J connectivity index is 0. The van der Waals surface area contributed by atoms with E-state index in [0.717, 1.165) is 5.75 Å². The second kappa shape index (κ2) is 11.0. The molecular weight excluding hydrogens is 212 g/mol. The van der Waals surface area contributed by atoms with Crippen molar-refractivity contribution in [2.45, 2.75) is 32.6 Å². The smallest absolute Gasteiger partial charge is 0 e. The molecule has 0 fully saturated rings. The van der Waals surface area contributed by atoms with E-state index in [1.807, 2.05) is 0 Å². The largest absolute Gasteiger partial charge is 0.179 e. The minimum Gasteiger partial charge on any atom is -0.179 e. The van der Waals surface area contributed by atoms with Crippen molar-refractivity contribution < 1.29 is 22.4 Å². The molecular formula is C6H14AgS.